The first-order valence-corrected chi connectivity index (χ1v) is 9.31. The van der Waals surface area contributed by atoms with Gasteiger partial charge in [-0.3, -0.25) is 0 Å². The summed E-state index contributed by atoms with van der Waals surface area (Å²) in [6.07, 6.45) is 13.3. The molecule has 0 N–H and O–H groups in total. The maximum Gasteiger partial charge on any atom is 0.481 e. The van der Waals surface area contributed by atoms with Gasteiger partial charge in [0.05, 0.1) is 12.9 Å². The molecule has 0 saturated heterocycles. The summed E-state index contributed by atoms with van der Waals surface area (Å²) in [5.41, 5.74) is 2.37. The first kappa shape index (κ1) is 14.8. The molecule has 2 aliphatic carbocycles. The Morgan fingerprint density at radius 3 is 2.16 bits per heavy atom. The van der Waals surface area contributed by atoms with E-state index in [1.165, 1.54) is 64.2 Å². The van der Waals surface area contributed by atoms with Gasteiger partial charge in [-0.25, -0.2) is 0 Å². The molecule has 108 valence electrons. The fraction of sp³-hybridized carbons (Fsp3) is 0.812. The molecule has 2 nitrogen and oxygen atoms in total. The van der Waals surface area contributed by atoms with Crippen LogP contribution in [0.2, 0.25) is 0 Å². The minimum Gasteiger partial charge on any atom is -0.526 e. The predicted molar refractivity (Wildman–Crippen MR) is 82.2 cm³/mol. The van der Waals surface area contributed by atoms with E-state index >= 15 is 0 Å². The monoisotopic (exact) mass is 280 g/mol. The lowest BCUT2D eigenvalue weighted by Gasteiger charge is -2.17. The second-order valence-electron chi connectivity index (χ2n) is 5.99. The maximum absolute atomic E-state index is 6.06. The van der Waals surface area contributed by atoms with E-state index in [0.29, 0.717) is 11.8 Å². The molecule has 0 aromatic carbocycles. The van der Waals surface area contributed by atoms with Gasteiger partial charge >= 0.3 is 8.90 Å². The number of hydrogen-bond acceptors (Lipinski definition) is 2. The van der Waals surface area contributed by atoms with Crippen LogP contribution in [0.25, 0.3) is 0 Å². The van der Waals surface area contributed by atoms with Crippen molar-refractivity contribution in [3.63, 3.8) is 0 Å². The van der Waals surface area contributed by atoms with Crippen molar-refractivity contribution in [2.45, 2.75) is 64.2 Å². The van der Waals surface area contributed by atoms with E-state index in [1.54, 1.807) is 7.11 Å². The first-order valence-electron chi connectivity index (χ1n) is 7.92. The molecular weight excluding hydrogens is 252 g/mol. The number of hydrogen-bond donors (Lipinski definition) is 0. The summed E-state index contributed by atoms with van der Waals surface area (Å²) >= 11 is 0. The van der Waals surface area contributed by atoms with Crippen LogP contribution in [-0.2, 0) is 8.85 Å². The lowest BCUT2D eigenvalue weighted by atomic mass is 10.0. The second kappa shape index (κ2) is 7.88. The first-order chi connectivity index (χ1) is 9.29. The van der Waals surface area contributed by atoms with Gasteiger partial charge in [0.15, 0.2) is 0 Å². The van der Waals surface area contributed by atoms with Crippen LogP contribution >= 0.6 is 0 Å². The van der Waals surface area contributed by atoms with E-state index in [4.69, 9.17) is 8.85 Å². The van der Waals surface area contributed by atoms with Gasteiger partial charge in [-0.05, 0) is 37.3 Å². The van der Waals surface area contributed by atoms with Crippen LogP contribution in [0.15, 0.2) is 12.3 Å². The van der Waals surface area contributed by atoms with E-state index in [2.05, 4.69) is 12.3 Å². The standard InChI is InChI=1S/C16H28O2Si/c1-14(16-11-7-8-12-16)18-19(17-2)13-15-9-5-3-4-6-10-15/h13,15-16H,1,3-12H2,2H3. The molecule has 19 heavy (non-hydrogen) atoms. The van der Waals surface area contributed by atoms with Gasteiger partial charge in [0.1, 0.15) is 0 Å². The van der Waals surface area contributed by atoms with Crippen molar-refractivity contribution in [1.29, 1.82) is 0 Å². The molecule has 0 radical (unpaired) electrons. The fourth-order valence-corrected chi connectivity index (χ4v) is 4.70. The summed E-state index contributed by atoms with van der Waals surface area (Å²) in [6, 6.07) is 0. The summed E-state index contributed by atoms with van der Waals surface area (Å²) in [6.45, 7) is 4.14. The molecular formula is C16H28O2Si. The van der Waals surface area contributed by atoms with Gasteiger partial charge in [-0.1, -0.05) is 45.1 Å². The van der Waals surface area contributed by atoms with Gasteiger partial charge in [0.2, 0.25) is 0 Å². The van der Waals surface area contributed by atoms with Crippen LogP contribution in [0.5, 0.6) is 0 Å². The van der Waals surface area contributed by atoms with Gasteiger partial charge < -0.3 is 8.85 Å². The van der Waals surface area contributed by atoms with Gasteiger partial charge in [0.25, 0.3) is 0 Å². The summed E-state index contributed by atoms with van der Waals surface area (Å²) in [7, 11) is 0.522. The van der Waals surface area contributed by atoms with Crippen LogP contribution in [0.3, 0.4) is 0 Å². The molecule has 0 bridgehead atoms. The van der Waals surface area contributed by atoms with Gasteiger partial charge in [0, 0.05) is 5.92 Å². The Morgan fingerprint density at radius 2 is 1.58 bits per heavy atom. The molecule has 0 heterocycles. The molecule has 0 aromatic rings. The van der Waals surface area contributed by atoms with E-state index in [1.807, 2.05) is 0 Å². The SMILES string of the molecule is C=C(O[Si](=CC1CCCCCC1)OC)C1CCCC1. The van der Waals surface area contributed by atoms with E-state index in [9.17, 15) is 0 Å². The lowest BCUT2D eigenvalue weighted by Crippen LogP contribution is -2.20. The van der Waals surface area contributed by atoms with Crippen molar-refractivity contribution in [3.05, 3.63) is 12.3 Å². The fourth-order valence-electron chi connectivity index (χ4n) is 3.27. The van der Waals surface area contributed by atoms with Crippen LogP contribution in [-0.4, -0.2) is 21.7 Å². The Morgan fingerprint density at radius 1 is 1.00 bits per heavy atom. The topological polar surface area (TPSA) is 18.5 Å². The molecule has 2 fully saturated rings. The van der Waals surface area contributed by atoms with Crippen molar-refractivity contribution in [2.24, 2.45) is 11.8 Å². The molecule has 0 spiro atoms. The van der Waals surface area contributed by atoms with Crippen molar-refractivity contribution in [1.82, 2.24) is 0 Å². The summed E-state index contributed by atoms with van der Waals surface area (Å²) in [4.78, 5) is 0. The minimum atomic E-state index is -1.26. The van der Waals surface area contributed by atoms with E-state index in [-0.39, 0.29) is 0 Å². The molecule has 0 unspecified atom stereocenters. The Hall–Kier alpha value is -0.573. The third-order valence-corrected chi connectivity index (χ3v) is 6.12. The van der Waals surface area contributed by atoms with Crippen molar-refractivity contribution in [3.8, 4) is 0 Å². The highest BCUT2D eigenvalue weighted by molar-refractivity contribution is 6.54. The molecule has 0 atom stereocenters. The van der Waals surface area contributed by atoms with E-state index < -0.39 is 8.90 Å². The Kier molecular flexibility index (Phi) is 6.15. The van der Waals surface area contributed by atoms with Crippen LogP contribution in [0.4, 0.5) is 0 Å². The third-order valence-electron chi connectivity index (χ3n) is 4.51. The highest BCUT2D eigenvalue weighted by Gasteiger charge is 2.21. The molecule has 3 heteroatoms. The van der Waals surface area contributed by atoms with Gasteiger partial charge in [-0.15, -0.1) is 0 Å². The minimum absolute atomic E-state index is 0.581. The zero-order valence-electron chi connectivity index (χ0n) is 12.3. The summed E-state index contributed by atoms with van der Waals surface area (Å²) < 4.78 is 11.6. The highest BCUT2D eigenvalue weighted by atomic mass is 28.3. The second-order valence-corrected chi connectivity index (χ2v) is 7.58. The summed E-state index contributed by atoms with van der Waals surface area (Å²) in [5.74, 6) is 2.27. The zero-order chi connectivity index (χ0) is 13.5. The van der Waals surface area contributed by atoms with Gasteiger partial charge in [-0.2, -0.15) is 0 Å². The average Bonchev–Trinajstić information content (AvgIpc) is 2.84. The highest BCUT2D eigenvalue weighted by Crippen LogP contribution is 2.30. The largest absolute Gasteiger partial charge is 0.526 e. The Labute approximate surface area is 119 Å². The Balaban J connectivity index is 1.88. The van der Waals surface area contributed by atoms with Crippen molar-refractivity contribution in [2.75, 3.05) is 7.11 Å². The quantitative estimate of drug-likeness (QED) is 0.427. The molecule has 2 rings (SSSR count). The smallest absolute Gasteiger partial charge is 0.481 e. The number of allylic oxidation sites excluding steroid dienone is 1. The van der Waals surface area contributed by atoms with Crippen molar-refractivity contribution >= 4 is 14.6 Å². The van der Waals surface area contributed by atoms with E-state index in [0.717, 1.165) is 5.76 Å². The zero-order valence-corrected chi connectivity index (χ0v) is 13.3. The predicted octanol–water partition coefficient (Wildman–Crippen LogP) is 4.20. The normalized spacial score (nSPS) is 23.1. The average molecular weight is 280 g/mol. The lowest BCUT2D eigenvalue weighted by molar-refractivity contribution is 0.278. The maximum atomic E-state index is 6.06. The summed E-state index contributed by atoms with van der Waals surface area (Å²) in [5, 5.41) is 0. The molecule has 0 amide bonds. The Bertz CT molecular complexity index is 311. The number of rotatable bonds is 5. The van der Waals surface area contributed by atoms with Crippen LogP contribution in [0.1, 0.15) is 64.2 Å². The van der Waals surface area contributed by atoms with Crippen LogP contribution in [0, 0.1) is 11.8 Å². The van der Waals surface area contributed by atoms with Crippen LogP contribution < -0.4 is 0 Å². The molecule has 2 saturated carbocycles. The molecule has 2 aliphatic rings. The third kappa shape index (κ3) is 4.79. The van der Waals surface area contributed by atoms with Crippen molar-refractivity contribution < 1.29 is 8.85 Å². The molecule has 0 aromatic heterocycles. The molecule has 0 aliphatic heterocycles.